The molecule has 6 heteroatoms. The highest BCUT2D eigenvalue weighted by Crippen LogP contribution is 2.26. The van der Waals surface area contributed by atoms with Crippen LogP contribution in [0.5, 0.6) is 0 Å². The molecule has 0 bridgehead atoms. The van der Waals surface area contributed by atoms with Crippen LogP contribution in [-0.2, 0) is 0 Å². The monoisotopic (exact) mass is 315 g/mol. The number of nitrogen functional groups attached to an aromatic ring is 1. The highest BCUT2D eigenvalue weighted by molar-refractivity contribution is 5.93. The molecule has 1 amide bonds. The molecule has 1 aromatic heterocycles. The molecule has 6 nitrogen and oxygen atoms in total. The van der Waals surface area contributed by atoms with Crippen LogP contribution in [0, 0.1) is 11.3 Å². The van der Waals surface area contributed by atoms with Crippen LogP contribution in [0.15, 0.2) is 54.7 Å². The van der Waals surface area contributed by atoms with E-state index in [0.717, 1.165) is 11.1 Å². The summed E-state index contributed by atoms with van der Waals surface area (Å²) < 4.78 is 0. The van der Waals surface area contributed by atoms with Crippen molar-refractivity contribution in [2.45, 2.75) is 0 Å². The number of anilines is 1. The van der Waals surface area contributed by atoms with Crippen molar-refractivity contribution in [3.63, 3.8) is 0 Å². The molecule has 0 spiro atoms. The summed E-state index contributed by atoms with van der Waals surface area (Å²) >= 11 is 0. The van der Waals surface area contributed by atoms with Gasteiger partial charge in [-0.3, -0.25) is 4.79 Å². The number of carbonyl (C=O) groups excluding carboxylic acids is 1. The topological polar surface area (TPSA) is 119 Å². The Labute approximate surface area is 138 Å². The first-order valence-corrected chi connectivity index (χ1v) is 7.12. The zero-order valence-electron chi connectivity index (χ0n) is 12.6. The Morgan fingerprint density at radius 2 is 1.62 bits per heavy atom. The second kappa shape index (κ2) is 6.18. The maximum absolute atomic E-state index is 11.2. The number of primary amides is 1. The molecule has 3 aromatic rings. The summed E-state index contributed by atoms with van der Waals surface area (Å²) in [4.78, 5) is 19.9. The van der Waals surface area contributed by atoms with Gasteiger partial charge in [-0.15, -0.1) is 0 Å². The first kappa shape index (κ1) is 15.2. The fraction of sp³-hybridized carbons (Fsp3) is 0. The number of amides is 1. The Morgan fingerprint density at radius 1 is 1.00 bits per heavy atom. The van der Waals surface area contributed by atoms with E-state index in [1.807, 2.05) is 0 Å². The van der Waals surface area contributed by atoms with Crippen LogP contribution >= 0.6 is 0 Å². The van der Waals surface area contributed by atoms with Crippen molar-refractivity contribution in [3.05, 3.63) is 65.9 Å². The van der Waals surface area contributed by atoms with E-state index >= 15 is 0 Å². The van der Waals surface area contributed by atoms with Gasteiger partial charge in [0.15, 0.2) is 0 Å². The van der Waals surface area contributed by atoms with E-state index in [1.165, 1.54) is 0 Å². The van der Waals surface area contributed by atoms with Gasteiger partial charge in [0.1, 0.15) is 11.5 Å². The van der Waals surface area contributed by atoms with Gasteiger partial charge in [0.25, 0.3) is 0 Å². The summed E-state index contributed by atoms with van der Waals surface area (Å²) in [6.07, 6.45) is 1.58. The molecular formula is C18H13N5O. The molecule has 4 N–H and O–H groups in total. The Bertz CT molecular complexity index is 941. The molecule has 0 radical (unpaired) electrons. The van der Waals surface area contributed by atoms with Crippen molar-refractivity contribution in [2.75, 3.05) is 5.73 Å². The van der Waals surface area contributed by atoms with Gasteiger partial charge >= 0.3 is 0 Å². The molecule has 2 aromatic carbocycles. The number of benzene rings is 2. The Hall–Kier alpha value is -3.72. The van der Waals surface area contributed by atoms with Crippen LogP contribution in [0.4, 0.5) is 5.82 Å². The van der Waals surface area contributed by atoms with E-state index in [0.29, 0.717) is 28.3 Å². The Kier molecular flexibility index (Phi) is 3.91. The van der Waals surface area contributed by atoms with E-state index in [4.69, 9.17) is 16.7 Å². The molecule has 0 aliphatic carbocycles. The molecule has 1 heterocycles. The van der Waals surface area contributed by atoms with Crippen LogP contribution in [0.25, 0.3) is 22.5 Å². The summed E-state index contributed by atoms with van der Waals surface area (Å²) in [5.41, 5.74) is 14.9. The van der Waals surface area contributed by atoms with Crippen molar-refractivity contribution >= 4 is 11.7 Å². The fourth-order valence-electron chi connectivity index (χ4n) is 2.26. The van der Waals surface area contributed by atoms with Gasteiger partial charge < -0.3 is 11.5 Å². The average Bonchev–Trinajstić information content (AvgIpc) is 2.62. The summed E-state index contributed by atoms with van der Waals surface area (Å²) in [6, 6.07) is 15.8. The van der Waals surface area contributed by atoms with Gasteiger partial charge in [0, 0.05) is 16.7 Å². The van der Waals surface area contributed by atoms with Crippen molar-refractivity contribution < 1.29 is 4.79 Å². The SMILES string of the molecule is N#Cc1ccc(-c2cnc(N)c(-c3ccc(C(N)=O)cc3)n2)cc1. The third-order valence-corrected chi connectivity index (χ3v) is 3.55. The zero-order chi connectivity index (χ0) is 17.1. The van der Waals surface area contributed by atoms with Crippen molar-refractivity contribution in [1.29, 1.82) is 5.26 Å². The van der Waals surface area contributed by atoms with Crippen LogP contribution in [0.1, 0.15) is 15.9 Å². The maximum atomic E-state index is 11.2. The molecule has 0 aliphatic heterocycles. The summed E-state index contributed by atoms with van der Waals surface area (Å²) in [7, 11) is 0. The lowest BCUT2D eigenvalue weighted by molar-refractivity contribution is 0.100. The van der Waals surface area contributed by atoms with Crippen LogP contribution in [-0.4, -0.2) is 15.9 Å². The summed E-state index contributed by atoms with van der Waals surface area (Å²) in [5, 5.41) is 8.86. The lowest BCUT2D eigenvalue weighted by Gasteiger charge is -2.08. The fourth-order valence-corrected chi connectivity index (χ4v) is 2.26. The van der Waals surface area contributed by atoms with E-state index in [1.54, 1.807) is 54.7 Å². The largest absolute Gasteiger partial charge is 0.382 e. The number of rotatable bonds is 3. The third-order valence-electron chi connectivity index (χ3n) is 3.55. The van der Waals surface area contributed by atoms with Crippen LogP contribution in [0.2, 0.25) is 0 Å². The third kappa shape index (κ3) is 2.91. The summed E-state index contributed by atoms with van der Waals surface area (Å²) in [6.45, 7) is 0. The van der Waals surface area contributed by atoms with Gasteiger partial charge in [-0.2, -0.15) is 5.26 Å². The smallest absolute Gasteiger partial charge is 0.248 e. The van der Waals surface area contributed by atoms with E-state index in [-0.39, 0.29) is 0 Å². The standard InChI is InChI=1S/C18H13N5O/c19-9-11-1-3-12(4-2-11)15-10-22-17(20)16(23-15)13-5-7-14(8-6-13)18(21)24/h1-8,10H,(H2,20,22)(H2,21,24). The van der Waals surface area contributed by atoms with E-state index in [9.17, 15) is 4.79 Å². The predicted molar refractivity (Wildman–Crippen MR) is 90.5 cm³/mol. The van der Waals surface area contributed by atoms with Crippen LogP contribution < -0.4 is 11.5 Å². The maximum Gasteiger partial charge on any atom is 0.248 e. The average molecular weight is 315 g/mol. The molecule has 0 atom stereocenters. The zero-order valence-corrected chi connectivity index (χ0v) is 12.6. The highest BCUT2D eigenvalue weighted by atomic mass is 16.1. The van der Waals surface area contributed by atoms with Crippen LogP contribution in [0.3, 0.4) is 0 Å². The van der Waals surface area contributed by atoms with Crippen molar-refractivity contribution in [1.82, 2.24) is 9.97 Å². The first-order chi connectivity index (χ1) is 11.6. The lowest BCUT2D eigenvalue weighted by Crippen LogP contribution is -2.10. The number of hydrogen-bond acceptors (Lipinski definition) is 5. The van der Waals surface area contributed by atoms with Gasteiger partial charge in [-0.25, -0.2) is 9.97 Å². The predicted octanol–water partition coefficient (Wildman–Crippen LogP) is 2.36. The molecule has 3 rings (SSSR count). The van der Waals surface area contributed by atoms with Gasteiger partial charge in [0.05, 0.1) is 23.5 Å². The minimum Gasteiger partial charge on any atom is -0.382 e. The number of aromatic nitrogens is 2. The molecule has 0 aliphatic rings. The lowest BCUT2D eigenvalue weighted by atomic mass is 10.1. The Balaban J connectivity index is 2.02. The summed E-state index contributed by atoms with van der Waals surface area (Å²) in [5.74, 6) is -0.203. The molecule has 0 fully saturated rings. The quantitative estimate of drug-likeness (QED) is 0.769. The van der Waals surface area contributed by atoms with Gasteiger partial charge in [-0.1, -0.05) is 24.3 Å². The number of carbonyl (C=O) groups is 1. The molecule has 0 unspecified atom stereocenters. The number of hydrogen-bond donors (Lipinski definition) is 2. The van der Waals surface area contributed by atoms with E-state index in [2.05, 4.69) is 16.0 Å². The number of nitrogens with two attached hydrogens (primary N) is 2. The molecule has 0 saturated carbocycles. The second-order valence-electron chi connectivity index (χ2n) is 5.12. The Morgan fingerprint density at radius 3 is 2.21 bits per heavy atom. The minimum atomic E-state index is -0.494. The molecule has 116 valence electrons. The number of nitriles is 1. The minimum absolute atomic E-state index is 0.291. The molecular weight excluding hydrogens is 302 g/mol. The normalized spacial score (nSPS) is 10.1. The molecule has 24 heavy (non-hydrogen) atoms. The first-order valence-electron chi connectivity index (χ1n) is 7.12. The van der Waals surface area contributed by atoms with Gasteiger partial charge in [0.2, 0.25) is 5.91 Å². The number of nitrogens with zero attached hydrogens (tertiary/aromatic N) is 3. The molecule has 0 saturated heterocycles. The van der Waals surface area contributed by atoms with Gasteiger partial charge in [-0.05, 0) is 24.3 Å². The highest BCUT2D eigenvalue weighted by Gasteiger charge is 2.10. The second-order valence-corrected chi connectivity index (χ2v) is 5.12. The van der Waals surface area contributed by atoms with E-state index < -0.39 is 5.91 Å². The van der Waals surface area contributed by atoms with Crippen molar-refractivity contribution in [2.24, 2.45) is 5.73 Å². The van der Waals surface area contributed by atoms with Crippen molar-refractivity contribution in [3.8, 4) is 28.6 Å².